The number of amides is 1. The van der Waals surface area contributed by atoms with Crippen LogP contribution in [0, 0.1) is 17.8 Å². The average Bonchev–Trinajstić information content (AvgIpc) is 2.87. The number of hydrogen-bond acceptors (Lipinski definition) is 3. The van der Waals surface area contributed by atoms with Crippen LogP contribution in [-0.2, 0) is 17.8 Å². The molecule has 3 heterocycles. The van der Waals surface area contributed by atoms with Crippen molar-refractivity contribution in [1.82, 2.24) is 20.2 Å². The molecule has 5 heteroatoms. The zero-order valence-corrected chi connectivity index (χ0v) is 13.0. The summed E-state index contributed by atoms with van der Waals surface area (Å²) in [6.07, 6.45) is 4.26. The third-order valence-electron chi connectivity index (χ3n) is 6.01. The molecule has 1 saturated heterocycles. The van der Waals surface area contributed by atoms with Crippen molar-refractivity contribution in [3.8, 4) is 0 Å². The Balaban J connectivity index is 1.51. The Morgan fingerprint density at radius 1 is 1.33 bits per heavy atom. The van der Waals surface area contributed by atoms with E-state index in [-0.39, 0.29) is 10.8 Å². The summed E-state index contributed by atoms with van der Waals surface area (Å²) < 4.78 is 0. The van der Waals surface area contributed by atoms with Gasteiger partial charge in [0.15, 0.2) is 0 Å². The molecule has 1 saturated carbocycles. The Kier molecular flexibility index (Phi) is 2.74. The van der Waals surface area contributed by atoms with Gasteiger partial charge in [0.25, 0.3) is 0 Å². The summed E-state index contributed by atoms with van der Waals surface area (Å²) in [5, 5.41) is 3.41. The number of aromatic nitrogens is 2. The van der Waals surface area contributed by atoms with Gasteiger partial charge >= 0.3 is 0 Å². The second kappa shape index (κ2) is 4.32. The maximum Gasteiger partial charge on any atom is 0.229 e. The van der Waals surface area contributed by atoms with Crippen molar-refractivity contribution < 1.29 is 4.79 Å². The number of carbonyl (C=O) groups excluding carboxylic acids is 1. The number of nitrogens with one attached hydrogen (secondary N) is 2. The van der Waals surface area contributed by atoms with Crippen LogP contribution in [0.15, 0.2) is 0 Å². The molecule has 5 nitrogen and oxygen atoms in total. The highest BCUT2D eigenvalue weighted by molar-refractivity contribution is 5.87. The van der Waals surface area contributed by atoms with Crippen molar-refractivity contribution in [3.05, 3.63) is 17.2 Å². The molecule has 2 N–H and O–H groups in total. The number of aromatic amines is 1. The standard InChI is InChI=1S/C16H24N4O/c1-11-18-12-3-8-20(9-13(12)19-11)14(21)15(2)10-16(15)4-6-17-7-5-16/h17H,3-10H2,1-2H3,(H,18,19). The van der Waals surface area contributed by atoms with Crippen molar-refractivity contribution in [2.45, 2.75) is 46.1 Å². The molecular formula is C16H24N4O. The Hall–Kier alpha value is -1.36. The number of imidazole rings is 1. The molecule has 2 fully saturated rings. The Bertz CT molecular complexity index is 587. The fraction of sp³-hybridized carbons (Fsp3) is 0.750. The lowest BCUT2D eigenvalue weighted by Crippen LogP contribution is -2.43. The Labute approximate surface area is 125 Å². The molecule has 21 heavy (non-hydrogen) atoms. The molecule has 4 rings (SSSR count). The summed E-state index contributed by atoms with van der Waals surface area (Å²) in [6.45, 7) is 7.82. The molecule has 1 atom stereocenters. The normalized spacial score (nSPS) is 30.3. The van der Waals surface area contributed by atoms with Crippen LogP contribution in [0.25, 0.3) is 0 Å². The van der Waals surface area contributed by atoms with Crippen LogP contribution in [0.4, 0.5) is 0 Å². The molecule has 1 aliphatic carbocycles. The molecule has 0 bridgehead atoms. The van der Waals surface area contributed by atoms with E-state index < -0.39 is 0 Å². The van der Waals surface area contributed by atoms with Crippen molar-refractivity contribution in [1.29, 1.82) is 0 Å². The number of hydrogen-bond donors (Lipinski definition) is 2. The summed E-state index contributed by atoms with van der Waals surface area (Å²) in [6, 6.07) is 0. The largest absolute Gasteiger partial charge is 0.344 e. The average molecular weight is 288 g/mol. The second-order valence-corrected chi connectivity index (χ2v) is 7.26. The number of rotatable bonds is 1. The molecule has 1 unspecified atom stereocenters. The number of carbonyl (C=O) groups is 1. The number of H-pyrrole nitrogens is 1. The predicted octanol–water partition coefficient (Wildman–Crippen LogP) is 1.38. The maximum atomic E-state index is 13.0. The highest BCUT2D eigenvalue weighted by atomic mass is 16.2. The molecule has 1 amide bonds. The molecule has 114 valence electrons. The molecule has 1 spiro atoms. The van der Waals surface area contributed by atoms with Gasteiger partial charge < -0.3 is 15.2 Å². The Morgan fingerprint density at radius 2 is 2.10 bits per heavy atom. The third kappa shape index (κ3) is 1.86. The molecule has 0 aromatic carbocycles. The first-order valence-corrected chi connectivity index (χ1v) is 8.09. The van der Waals surface area contributed by atoms with Gasteiger partial charge in [-0.3, -0.25) is 4.79 Å². The van der Waals surface area contributed by atoms with Gasteiger partial charge in [-0.05, 0) is 44.7 Å². The van der Waals surface area contributed by atoms with Gasteiger partial charge in [-0.15, -0.1) is 0 Å². The summed E-state index contributed by atoms with van der Waals surface area (Å²) >= 11 is 0. The van der Waals surface area contributed by atoms with Gasteiger partial charge in [-0.2, -0.15) is 0 Å². The van der Waals surface area contributed by atoms with E-state index in [1.54, 1.807) is 0 Å². The van der Waals surface area contributed by atoms with Crippen LogP contribution >= 0.6 is 0 Å². The molecule has 1 aromatic rings. The fourth-order valence-corrected chi connectivity index (χ4v) is 4.53. The summed E-state index contributed by atoms with van der Waals surface area (Å²) in [5.74, 6) is 1.32. The molecular weight excluding hydrogens is 264 g/mol. The van der Waals surface area contributed by atoms with Crippen molar-refractivity contribution in [2.75, 3.05) is 19.6 Å². The predicted molar refractivity (Wildman–Crippen MR) is 79.7 cm³/mol. The van der Waals surface area contributed by atoms with Gasteiger partial charge in [-0.25, -0.2) is 4.98 Å². The quantitative estimate of drug-likeness (QED) is 0.821. The number of piperidine rings is 1. The Morgan fingerprint density at radius 3 is 2.86 bits per heavy atom. The summed E-state index contributed by atoms with van der Waals surface area (Å²) in [5.41, 5.74) is 2.44. The lowest BCUT2D eigenvalue weighted by molar-refractivity contribution is -0.139. The first-order chi connectivity index (χ1) is 10.0. The lowest BCUT2D eigenvalue weighted by atomic mass is 9.84. The van der Waals surface area contributed by atoms with Gasteiger partial charge in [0, 0.05) is 13.0 Å². The van der Waals surface area contributed by atoms with Gasteiger partial charge in [-0.1, -0.05) is 6.92 Å². The number of aryl methyl sites for hydroxylation is 1. The van der Waals surface area contributed by atoms with Crippen LogP contribution in [0.1, 0.15) is 43.4 Å². The minimum Gasteiger partial charge on any atom is -0.344 e. The highest BCUT2D eigenvalue weighted by Gasteiger charge is 2.68. The van der Waals surface area contributed by atoms with Crippen LogP contribution in [0.3, 0.4) is 0 Å². The van der Waals surface area contributed by atoms with E-state index in [1.807, 2.05) is 6.92 Å². The SMILES string of the molecule is Cc1nc2c([nH]1)CN(C(=O)C1(C)CC13CCNCC3)CC2. The van der Waals surface area contributed by atoms with E-state index in [2.05, 4.69) is 27.1 Å². The van der Waals surface area contributed by atoms with E-state index in [1.165, 1.54) is 0 Å². The van der Waals surface area contributed by atoms with E-state index >= 15 is 0 Å². The van der Waals surface area contributed by atoms with E-state index in [4.69, 9.17) is 0 Å². The first kappa shape index (κ1) is 13.3. The van der Waals surface area contributed by atoms with Crippen LogP contribution in [-0.4, -0.2) is 40.4 Å². The van der Waals surface area contributed by atoms with Crippen LogP contribution < -0.4 is 5.32 Å². The van der Waals surface area contributed by atoms with Gasteiger partial charge in [0.05, 0.1) is 23.3 Å². The van der Waals surface area contributed by atoms with Crippen LogP contribution in [0.2, 0.25) is 0 Å². The number of nitrogens with zero attached hydrogens (tertiary/aromatic N) is 2. The zero-order chi connectivity index (χ0) is 14.7. The summed E-state index contributed by atoms with van der Waals surface area (Å²) in [4.78, 5) is 22.9. The fourth-order valence-electron chi connectivity index (χ4n) is 4.53. The molecule has 3 aliphatic rings. The minimum atomic E-state index is -0.123. The molecule has 1 aromatic heterocycles. The van der Waals surface area contributed by atoms with E-state index in [0.29, 0.717) is 12.5 Å². The van der Waals surface area contributed by atoms with Crippen molar-refractivity contribution in [2.24, 2.45) is 10.8 Å². The van der Waals surface area contributed by atoms with Crippen molar-refractivity contribution >= 4 is 5.91 Å². The van der Waals surface area contributed by atoms with E-state index in [9.17, 15) is 4.79 Å². The maximum absolute atomic E-state index is 13.0. The third-order valence-corrected chi connectivity index (χ3v) is 6.01. The number of fused-ring (bicyclic) bond motifs is 1. The highest BCUT2D eigenvalue weighted by Crippen LogP contribution is 2.69. The first-order valence-electron chi connectivity index (χ1n) is 8.09. The second-order valence-electron chi connectivity index (χ2n) is 7.26. The van der Waals surface area contributed by atoms with Crippen molar-refractivity contribution in [3.63, 3.8) is 0 Å². The minimum absolute atomic E-state index is 0.123. The molecule has 0 radical (unpaired) electrons. The molecule has 2 aliphatic heterocycles. The smallest absolute Gasteiger partial charge is 0.229 e. The summed E-state index contributed by atoms with van der Waals surface area (Å²) in [7, 11) is 0. The lowest BCUT2D eigenvalue weighted by Gasteiger charge is -2.33. The van der Waals surface area contributed by atoms with E-state index in [0.717, 1.165) is 62.5 Å². The zero-order valence-electron chi connectivity index (χ0n) is 13.0. The van der Waals surface area contributed by atoms with Crippen LogP contribution in [0.5, 0.6) is 0 Å². The van der Waals surface area contributed by atoms with Gasteiger partial charge in [0.1, 0.15) is 5.82 Å². The van der Waals surface area contributed by atoms with Gasteiger partial charge in [0.2, 0.25) is 5.91 Å². The monoisotopic (exact) mass is 288 g/mol. The topological polar surface area (TPSA) is 61.0 Å².